The van der Waals surface area contributed by atoms with E-state index >= 15 is 0 Å². The number of quaternary nitrogens is 1. The molecule has 1 N–H and O–H groups in total. The summed E-state index contributed by atoms with van der Waals surface area (Å²) in [5.74, 6) is -39.2. The van der Waals surface area contributed by atoms with Crippen LogP contribution in [0.25, 0.3) is 0 Å². The van der Waals surface area contributed by atoms with Gasteiger partial charge in [0.2, 0.25) is 6.04 Å². The minimum absolute atomic E-state index is 0.0169. The van der Waals surface area contributed by atoms with Gasteiger partial charge in [-0.3, -0.25) is 4.90 Å². The number of rotatable bonds is 7. The molecule has 15 heteroatoms. The van der Waals surface area contributed by atoms with E-state index in [0.717, 1.165) is 6.92 Å². The zero-order valence-electron chi connectivity index (χ0n) is 13.9. The van der Waals surface area contributed by atoms with Gasteiger partial charge in [0.25, 0.3) is 0 Å². The monoisotopic (exact) mass is 446 g/mol. The highest BCUT2D eigenvalue weighted by atomic mass is 19.4. The lowest BCUT2D eigenvalue weighted by Crippen LogP contribution is -3.00. The lowest BCUT2D eigenvalue weighted by Gasteiger charge is -2.39. The van der Waals surface area contributed by atoms with Crippen LogP contribution in [0.2, 0.25) is 0 Å². The Morgan fingerprint density at radius 3 is 1.57 bits per heavy atom. The number of carbonyl (C=O) groups is 1. The Bertz CT molecular complexity index is 612. The van der Waals surface area contributed by atoms with Crippen LogP contribution in [0.3, 0.4) is 0 Å². The van der Waals surface area contributed by atoms with E-state index in [9.17, 15) is 61.9 Å². The second-order valence-corrected chi connectivity index (χ2v) is 6.37. The Hall–Kier alpha value is -1.28. The first-order chi connectivity index (χ1) is 12.1. The van der Waals surface area contributed by atoms with E-state index in [1.807, 2.05) is 0 Å². The van der Waals surface area contributed by atoms with E-state index in [4.69, 9.17) is 0 Å². The zero-order chi connectivity index (χ0) is 22.7. The van der Waals surface area contributed by atoms with Crippen molar-refractivity contribution in [1.82, 2.24) is 0 Å². The van der Waals surface area contributed by atoms with Gasteiger partial charge < -0.3 is 0 Å². The largest absolute Gasteiger partial charge is 0.460 e. The first kappa shape index (κ1) is 24.8. The highest BCUT2D eigenvalue weighted by Crippen LogP contribution is 2.60. The van der Waals surface area contributed by atoms with Crippen LogP contribution in [0, 0.1) is 5.92 Å². The third kappa shape index (κ3) is 3.22. The van der Waals surface area contributed by atoms with E-state index in [1.54, 1.807) is 0 Å². The van der Waals surface area contributed by atoms with Gasteiger partial charge in [0, 0.05) is 0 Å². The molecule has 0 aromatic rings. The molecule has 1 aliphatic rings. The van der Waals surface area contributed by atoms with Gasteiger partial charge in [-0.2, -0.15) is 57.1 Å². The first-order valence-corrected chi connectivity index (χ1v) is 7.48. The molecule has 166 valence electrons. The fourth-order valence-corrected chi connectivity index (χ4v) is 2.28. The summed E-state index contributed by atoms with van der Waals surface area (Å²) in [6.07, 6.45) is -7.42. The maximum Gasteiger partial charge on any atom is 0.460 e. The van der Waals surface area contributed by atoms with Crippen molar-refractivity contribution in [2.45, 2.75) is 62.1 Å². The summed E-state index contributed by atoms with van der Waals surface area (Å²) in [6.45, 7) is 1.32. The summed E-state index contributed by atoms with van der Waals surface area (Å²) in [7, 11) is 0. The van der Waals surface area contributed by atoms with E-state index in [2.05, 4.69) is 0 Å². The van der Waals surface area contributed by atoms with Crippen LogP contribution < -0.4 is 4.90 Å². The summed E-state index contributed by atoms with van der Waals surface area (Å²) >= 11 is 0. The van der Waals surface area contributed by atoms with Crippen LogP contribution in [-0.4, -0.2) is 54.3 Å². The normalized spacial score (nSPS) is 23.5. The van der Waals surface area contributed by atoms with Crippen LogP contribution in [0.4, 0.5) is 57.1 Å². The second-order valence-electron chi connectivity index (χ2n) is 6.37. The molecule has 1 fully saturated rings. The smallest absolute Gasteiger partial charge is 0.254 e. The van der Waals surface area contributed by atoms with Gasteiger partial charge in [-0.1, -0.05) is 6.92 Å². The molecule has 0 aromatic carbocycles. The number of nitrogens with one attached hydrogen (secondary N) is 1. The average molecular weight is 446 g/mol. The summed E-state index contributed by atoms with van der Waals surface area (Å²) < 4.78 is 169. The number of alkyl halides is 13. The van der Waals surface area contributed by atoms with Gasteiger partial charge in [0.1, 0.15) is 6.54 Å². The van der Waals surface area contributed by atoms with Gasteiger partial charge in [0.15, 0.2) is 0 Å². The van der Waals surface area contributed by atoms with Crippen molar-refractivity contribution in [3.8, 4) is 0 Å². The van der Waals surface area contributed by atoms with Crippen molar-refractivity contribution in [2.24, 2.45) is 5.92 Å². The molecule has 0 radical (unpaired) electrons. The van der Waals surface area contributed by atoms with Crippen LogP contribution in [0.15, 0.2) is 0 Å². The van der Waals surface area contributed by atoms with E-state index in [-0.39, 0.29) is 6.42 Å². The quantitative estimate of drug-likeness (QED) is 0.469. The number of carbonyl (C=O) groups excluding carboxylic acids is 1. The summed E-state index contributed by atoms with van der Waals surface area (Å²) in [6, 6.07) is -3.00. The van der Waals surface area contributed by atoms with Crippen molar-refractivity contribution < 1.29 is 66.8 Å². The minimum Gasteiger partial charge on any atom is -0.254 e. The van der Waals surface area contributed by atoms with Gasteiger partial charge in [-0.05, 0) is 13.3 Å². The molecule has 2 nitrogen and oxygen atoms in total. The Morgan fingerprint density at radius 1 is 0.821 bits per heavy atom. The topological polar surface area (TPSA) is 21.5 Å². The predicted molar refractivity (Wildman–Crippen MR) is 64.9 cm³/mol. The van der Waals surface area contributed by atoms with Crippen LogP contribution in [-0.2, 0) is 4.79 Å². The second kappa shape index (κ2) is 6.62. The highest BCUT2D eigenvalue weighted by Gasteiger charge is 2.93. The fraction of sp³-hybridized carbons (Fsp3) is 0.923. The van der Waals surface area contributed by atoms with Crippen LogP contribution in [0.1, 0.15) is 20.3 Å². The Labute approximate surface area is 148 Å². The molecule has 1 amide bonds. The molecule has 0 aliphatic carbocycles. The third-order valence-corrected chi connectivity index (χ3v) is 4.46. The van der Waals surface area contributed by atoms with Gasteiger partial charge in [0.05, 0.1) is 5.92 Å². The summed E-state index contributed by atoms with van der Waals surface area (Å²) in [4.78, 5) is 10.6. The molecule has 1 aliphatic heterocycles. The number of amides is 1. The molecule has 3 atom stereocenters. The fourth-order valence-electron chi connectivity index (χ4n) is 2.28. The SMILES string of the molecule is CCC(C)C(=O)[NH+]1CC1C(F)(F)C(F)(F)C(F)(F)C(F)(F)C(F)(F)C(F)(F)F. The van der Waals surface area contributed by atoms with Crippen molar-refractivity contribution in [3.05, 3.63) is 0 Å². The summed E-state index contributed by atoms with van der Waals surface area (Å²) in [5.41, 5.74) is 0. The molecule has 0 bridgehead atoms. The maximum absolute atomic E-state index is 13.8. The third-order valence-electron chi connectivity index (χ3n) is 4.46. The molecule has 28 heavy (non-hydrogen) atoms. The highest BCUT2D eigenvalue weighted by molar-refractivity contribution is 5.70. The predicted octanol–water partition coefficient (Wildman–Crippen LogP) is 3.57. The van der Waals surface area contributed by atoms with Crippen molar-refractivity contribution in [3.63, 3.8) is 0 Å². The molecule has 0 spiro atoms. The Kier molecular flexibility index (Phi) is 5.85. The van der Waals surface area contributed by atoms with E-state index in [0.29, 0.717) is 0 Å². The van der Waals surface area contributed by atoms with Crippen LogP contribution in [0.5, 0.6) is 0 Å². The van der Waals surface area contributed by atoms with E-state index < -0.39 is 65.1 Å². The van der Waals surface area contributed by atoms with Crippen molar-refractivity contribution >= 4 is 5.91 Å². The van der Waals surface area contributed by atoms with Crippen molar-refractivity contribution in [1.29, 1.82) is 0 Å². The first-order valence-electron chi connectivity index (χ1n) is 7.48. The number of hydrogen-bond acceptors (Lipinski definition) is 1. The molecule has 1 heterocycles. The van der Waals surface area contributed by atoms with Crippen LogP contribution >= 0.6 is 0 Å². The molecule has 1 saturated heterocycles. The van der Waals surface area contributed by atoms with Crippen molar-refractivity contribution in [2.75, 3.05) is 6.54 Å². The van der Waals surface area contributed by atoms with Gasteiger partial charge in [-0.15, -0.1) is 0 Å². The molecular formula is C13H13F13NO+. The molecular weight excluding hydrogens is 433 g/mol. The molecule has 0 aromatic heterocycles. The Balaban J connectivity index is 3.31. The maximum atomic E-state index is 13.8. The lowest BCUT2D eigenvalue weighted by atomic mass is 9.92. The standard InChI is InChI=1S/C13H12F13NO/c1-3-5(2)7(28)27-4-6(27)8(14,15)9(16,17)10(18,19)11(20,21)12(22,23)13(24,25)26/h5-6H,3-4H2,1-2H3/p+1. The van der Waals surface area contributed by atoms with Gasteiger partial charge in [-0.25, -0.2) is 4.79 Å². The molecule has 1 rings (SSSR count). The average Bonchev–Trinajstić information content (AvgIpc) is 3.32. The van der Waals surface area contributed by atoms with E-state index in [1.165, 1.54) is 6.92 Å². The Morgan fingerprint density at radius 2 is 1.21 bits per heavy atom. The summed E-state index contributed by atoms with van der Waals surface area (Å²) in [5, 5.41) is 0. The lowest BCUT2D eigenvalue weighted by molar-refractivity contribution is -0.702. The number of hydrogen-bond donors (Lipinski definition) is 1. The molecule has 0 saturated carbocycles. The minimum atomic E-state index is -7.92. The van der Waals surface area contributed by atoms with Gasteiger partial charge >= 0.3 is 41.7 Å². The molecule has 3 unspecified atom stereocenters. The zero-order valence-corrected chi connectivity index (χ0v) is 13.9. The number of halogens is 13.